The van der Waals surface area contributed by atoms with Crippen LogP contribution in [0.1, 0.15) is 11.1 Å². The van der Waals surface area contributed by atoms with Gasteiger partial charge in [0.25, 0.3) is 5.91 Å². The largest absolute Gasteiger partial charge is 0.343 e. The Kier molecular flexibility index (Phi) is 4.53. The number of carbonyl (C=O) groups is 3. The Labute approximate surface area is 141 Å². The first-order chi connectivity index (χ1) is 11.5. The van der Waals surface area contributed by atoms with Gasteiger partial charge in [-0.05, 0) is 24.6 Å². The van der Waals surface area contributed by atoms with Gasteiger partial charge in [0.05, 0.1) is 6.54 Å². The summed E-state index contributed by atoms with van der Waals surface area (Å²) in [7, 11) is 3.77. The number of rotatable bonds is 4. The molecule has 1 aromatic rings. The topological polar surface area (TPSA) is 73.0 Å². The van der Waals surface area contributed by atoms with E-state index in [4.69, 9.17) is 0 Å². The Balaban J connectivity index is 1.60. The summed E-state index contributed by atoms with van der Waals surface area (Å²) in [6.45, 7) is 1.19. The summed E-state index contributed by atoms with van der Waals surface area (Å²) in [4.78, 5) is 40.3. The van der Waals surface area contributed by atoms with E-state index in [9.17, 15) is 14.4 Å². The Morgan fingerprint density at radius 1 is 1.29 bits per heavy atom. The van der Waals surface area contributed by atoms with Gasteiger partial charge in [-0.2, -0.15) is 0 Å². The number of nitrogens with zero attached hydrogens (tertiary/aromatic N) is 3. The fourth-order valence-corrected chi connectivity index (χ4v) is 3.21. The fourth-order valence-electron chi connectivity index (χ4n) is 3.21. The maximum absolute atomic E-state index is 12.3. The highest BCUT2D eigenvalue weighted by Gasteiger charge is 2.32. The predicted molar refractivity (Wildman–Crippen MR) is 88.1 cm³/mol. The predicted octanol–water partition coefficient (Wildman–Crippen LogP) is 0.0533. The van der Waals surface area contributed by atoms with Crippen LogP contribution in [0.5, 0.6) is 0 Å². The zero-order chi connectivity index (χ0) is 17.3. The van der Waals surface area contributed by atoms with Crippen LogP contribution in [0.25, 0.3) is 0 Å². The summed E-state index contributed by atoms with van der Waals surface area (Å²) in [6, 6.07) is 8.07. The Hall–Kier alpha value is -2.41. The molecule has 2 aliphatic rings. The lowest BCUT2D eigenvalue weighted by atomic mass is 9.94. The molecule has 0 aromatic heterocycles. The van der Waals surface area contributed by atoms with E-state index in [0.29, 0.717) is 6.54 Å². The standard InChI is InChI=1S/C17H22N4O3/c1-19-9-13-6-4-3-5-12(13)7-14(19)10-20(2)16(23)11-21-15(22)8-18-17(21)24/h3-6,14H,7-11H2,1-2H3,(H,18,24). The number of amides is 4. The number of nitrogens with one attached hydrogen (secondary N) is 1. The first-order valence-electron chi connectivity index (χ1n) is 8.05. The number of fused-ring (bicyclic) bond motifs is 1. The van der Waals surface area contributed by atoms with Gasteiger partial charge in [0, 0.05) is 26.2 Å². The molecule has 7 nitrogen and oxygen atoms in total. The first kappa shape index (κ1) is 16.4. The van der Waals surface area contributed by atoms with E-state index in [1.165, 1.54) is 11.1 Å². The highest BCUT2D eigenvalue weighted by molar-refractivity contribution is 6.04. The number of urea groups is 1. The molecule has 1 unspecified atom stereocenters. The molecular formula is C17H22N4O3. The van der Waals surface area contributed by atoms with Gasteiger partial charge in [0.2, 0.25) is 5.91 Å². The molecule has 0 aliphatic carbocycles. The molecule has 1 aromatic carbocycles. The van der Waals surface area contributed by atoms with Crippen molar-refractivity contribution in [2.45, 2.75) is 19.0 Å². The molecule has 24 heavy (non-hydrogen) atoms. The maximum atomic E-state index is 12.3. The minimum absolute atomic E-state index is 0.0298. The van der Waals surface area contributed by atoms with E-state index in [0.717, 1.165) is 17.9 Å². The maximum Gasteiger partial charge on any atom is 0.325 e. The molecule has 0 saturated carbocycles. The smallest absolute Gasteiger partial charge is 0.325 e. The van der Waals surface area contributed by atoms with Crippen LogP contribution in [0.2, 0.25) is 0 Å². The third-order valence-corrected chi connectivity index (χ3v) is 4.76. The molecule has 0 spiro atoms. The fraction of sp³-hybridized carbons (Fsp3) is 0.471. The minimum Gasteiger partial charge on any atom is -0.343 e. The van der Waals surface area contributed by atoms with Gasteiger partial charge in [0.15, 0.2) is 0 Å². The second kappa shape index (κ2) is 6.60. The average Bonchev–Trinajstić information content (AvgIpc) is 2.87. The molecule has 0 radical (unpaired) electrons. The van der Waals surface area contributed by atoms with Gasteiger partial charge in [-0.3, -0.25) is 19.4 Å². The lowest BCUT2D eigenvalue weighted by Gasteiger charge is -2.36. The molecule has 4 amide bonds. The van der Waals surface area contributed by atoms with Crippen molar-refractivity contribution in [3.63, 3.8) is 0 Å². The normalized spacial score (nSPS) is 20.8. The number of hydrogen-bond acceptors (Lipinski definition) is 4. The molecule has 128 valence electrons. The summed E-state index contributed by atoms with van der Waals surface area (Å²) in [5.41, 5.74) is 2.64. The molecule has 0 bridgehead atoms. The molecule has 7 heteroatoms. The summed E-state index contributed by atoms with van der Waals surface area (Å²) in [5.74, 6) is -0.585. The van der Waals surface area contributed by atoms with E-state index in [1.807, 2.05) is 12.1 Å². The number of benzene rings is 1. The van der Waals surface area contributed by atoms with Crippen LogP contribution >= 0.6 is 0 Å². The third kappa shape index (κ3) is 3.26. The molecule has 2 aliphatic heterocycles. The third-order valence-electron chi connectivity index (χ3n) is 4.76. The van der Waals surface area contributed by atoms with E-state index < -0.39 is 6.03 Å². The van der Waals surface area contributed by atoms with Crippen LogP contribution in [-0.4, -0.2) is 72.3 Å². The van der Waals surface area contributed by atoms with Gasteiger partial charge in [-0.15, -0.1) is 0 Å². The Morgan fingerprint density at radius 3 is 2.67 bits per heavy atom. The molecular weight excluding hydrogens is 308 g/mol. The van der Waals surface area contributed by atoms with E-state index in [2.05, 4.69) is 29.4 Å². The first-order valence-corrected chi connectivity index (χ1v) is 8.05. The summed E-state index contributed by atoms with van der Waals surface area (Å²) in [6.07, 6.45) is 0.882. The second-order valence-corrected chi connectivity index (χ2v) is 6.45. The summed E-state index contributed by atoms with van der Waals surface area (Å²) < 4.78 is 0. The summed E-state index contributed by atoms with van der Waals surface area (Å²) in [5, 5.41) is 2.42. The quantitative estimate of drug-likeness (QED) is 0.792. The van der Waals surface area contributed by atoms with E-state index in [1.54, 1.807) is 11.9 Å². The van der Waals surface area contributed by atoms with Crippen LogP contribution in [-0.2, 0) is 22.6 Å². The number of imide groups is 1. The van der Waals surface area contributed by atoms with Crippen molar-refractivity contribution in [1.29, 1.82) is 0 Å². The van der Waals surface area contributed by atoms with Crippen LogP contribution in [0.4, 0.5) is 4.79 Å². The van der Waals surface area contributed by atoms with Crippen molar-refractivity contribution in [3.05, 3.63) is 35.4 Å². The van der Waals surface area contributed by atoms with Crippen molar-refractivity contribution in [2.24, 2.45) is 0 Å². The summed E-state index contributed by atoms with van der Waals surface area (Å²) >= 11 is 0. The number of hydrogen-bond donors (Lipinski definition) is 1. The van der Waals surface area contributed by atoms with Crippen molar-refractivity contribution in [3.8, 4) is 0 Å². The van der Waals surface area contributed by atoms with E-state index >= 15 is 0 Å². The highest BCUT2D eigenvalue weighted by atomic mass is 16.2. The molecule has 1 N–H and O–H groups in total. The number of carbonyl (C=O) groups excluding carboxylic acids is 3. The van der Waals surface area contributed by atoms with Gasteiger partial charge >= 0.3 is 6.03 Å². The van der Waals surface area contributed by atoms with Crippen LogP contribution in [0.15, 0.2) is 24.3 Å². The lowest BCUT2D eigenvalue weighted by Crippen LogP contribution is -2.48. The van der Waals surface area contributed by atoms with Gasteiger partial charge in [0.1, 0.15) is 6.54 Å². The molecule has 1 saturated heterocycles. The lowest BCUT2D eigenvalue weighted by molar-refractivity contribution is -0.136. The minimum atomic E-state index is -0.495. The monoisotopic (exact) mass is 330 g/mol. The Morgan fingerprint density at radius 2 is 2.00 bits per heavy atom. The van der Waals surface area contributed by atoms with Crippen LogP contribution in [0.3, 0.4) is 0 Å². The highest BCUT2D eigenvalue weighted by Crippen LogP contribution is 2.22. The van der Waals surface area contributed by atoms with Crippen molar-refractivity contribution >= 4 is 17.8 Å². The zero-order valence-corrected chi connectivity index (χ0v) is 14.0. The van der Waals surface area contributed by atoms with Gasteiger partial charge < -0.3 is 10.2 Å². The van der Waals surface area contributed by atoms with Crippen LogP contribution < -0.4 is 5.32 Å². The molecule has 2 heterocycles. The zero-order valence-electron chi connectivity index (χ0n) is 14.0. The van der Waals surface area contributed by atoms with Crippen LogP contribution in [0, 0.1) is 0 Å². The van der Waals surface area contributed by atoms with E-state index in [-0.39, 0.29) is 30.9 Å². The van der Waals surface area contributed by atoms with Gasteiger partial charge in [-0.25, -0.2) is 4.79 Å². The SMILES string of the molecule is CN(CC1Cc2ccccc2CN1C)C(=O)CN1C(=O)CNC1=O. The average molecular weight is 330 g/mol. The number of likely N-dealkylation sites (N-methyl/N-ethyl adjacent to an activating group) is 2. The molecule has 1 fully saturated rings. The van der Waals surface area contributed by atoms with Crippen molar-refractivity contribution < 1.29 is 14.4 Å². The molecule has 1 atom stereocenters. The van der Waals surface area contributed by atoms with Gasteiger partial charge in [-0.1, -0.05) is 24.3 Å². The Bertz CT molecular complexity index is 660. The second-order valence-electron chi connectivity index (χ2n) is 6.45. The molecule has 3 rings (SSSR count). The van der Waals surface area contributed by atoms with Crippen molar-refractivity contribution in [1.82, 2.24) is 20.0 Å². The van der Waals surface area contributed by atoms with Crippen molar-refractivity contribution in [2.75, 3.05) is 33.7 Å².